The summed E-state index contributed by atoms with van der Waals surface area (Å²) in [6, 6.07) is 12.4. The van der Waals surface area contributed by atoms with Crippen molar-refractivity contribution in [2.45, 2.75) is 6.54 Å². The predicted octanol–water partition coefficient (Wildman–Crippen LogP) is 2.41. The number of hydrogen-bond donors (Lipinski definition) is 0. The molecule has 3 aromatic rings. The van der Waals surface area contributed by atoms with E-state index in [4.69, 9.17) is 4.98 Å². The fourth-order valence-corrected chi connectivity index (χ4v) is 3.28. The highest BCUT2D eigenvalue weighted by atomic mass is 19.1. The summed E-state index contributed by atoms with van der Waals surface area (Å²) in [5, 5.41) is 0. The van der Waals surface area contributed by atoms with Gasteiger partial charge in [-0.25, -0.2) is 9.37 Å². The van der Waals surface area contributed by atoms with E-state index in [-0.39, 0.29) is 5.82 Å². The Balaban J connectivity index is 1.70. The van der Waals surface area contributed by atoms with E-state index in [1.807, 2.05) is 24.4 Å². The van der Waals surface area contributed by atoms with Gasteiger partial charge in [-0.1, -0.05) is 6.07 Å². The summed E-state index contributed by atoms with van der Waals surface area (Å²) in [7, 11) is 0. The second-order valence-corrected chi connectivity index (χ2v) is 6.26. The van der Waals surface area contributed by atoms with Crippen LogP contribution in [0, 0.1) is 5.82 Å². The van der Waals surface area contributed by atoms with Crippen molar-refractivity contribution in [3.8, 4) is 11.3 Å². The number of piperazine rings is 1. The van der Waals surface area contributed by atoms with Gasteiger partial charge in [0, 0.05) is 44.5 Å². The van der Waals surface area contributed by atoms with E-state index in [2.05, 4.69) is 9.30 Å². The Morgan fingerprint density at radius 3 is 2.52 bits per heavy atom. The van der Waals surface area contributed by atoms with Crippen LogP contribution in [-0.4, -0.2) is 51.8 Å². The molecule has 128 valence electrons. The fourth-order valence-electron chi connectivity index (χ4n) is 3.28. The fraction of sp³-hybridized carbons (Fsp3) is 0.263. The van der Waals surface area contributed by atoms with E-state index in [9.17, 15) is 9.18 Å². The maximum atomic E-state index is 13.3. The van der Waals surface area contributed by atoms with Gasteiger partial charge in [-0.05, 0) is 36.4 Å². The van der Waals surface area contributed by atoms with Crippen LogP contribution in [0.4, 0.5) is 4.39 Å². The Bertz CT molecular complexity index is 882. The lowest BCUT2D eigenvalue weighted by Gasteiger charge is -2.32. The SMILES string of the molecule is O=CN1CCN(Cc2c(-c3ccc(F)cc3)nc3ccccn23)CC1. The molecule has 0 atom stereocenters. The minimum Gasteiger partial charge on any atom is -0.343 e. The largest absolute Gasteiger partial charge is 0.343 e. The summed E-state index contributed by atoms with van der Waals surface area (Å²) in [5.41, 5.74) is 3.75. The van der Waals surface area contributed by atoms with E-state index >= 15 is 0 Å². The highest BCUT2D eigenvalue weighted by Crippen LogP contribution is 2.26. The molecule has 2 aromatic heterocycles. The van der Waals surface area contributed by atoms with Crippen LogP contribution in [0.3, 0.4) is 0 Å². The van der Waals surface area contributed by atoms with Crippen molar-refractivity contribution >= 4 is 12.1 Å². The molecule has 0 unspecified atom stereocenters. The van der Waals surface area contributed by atoms with Crippen molar-refractivity contribution in [1.29, 1.82) is 0 Å². The third-order valence-electron chi connectivity index (χ3n) is 4.68. The Hall–Kier alpha value is -2.73. The topological polar surface area (TPSA) is 40.9 Å². The normalized spacial score (nSPS) is 15.6. The maximum Gasteiger partial charge on any atom is 0.209 e. The number of amides is 1. The average molecular weight is 338 g/mol. The minimum atomic E-state index is -0.251. The molecule has 0 spiro atoms. The molecule has 1 saturated heterocycles. The van der Waals surface area contributed by atoms with Crippen LogP contribution >= 0.6 is 0 Å². The number of halogens is 1. The lowest BCUT2D eigenvalue weighted by molar-refractivity contribution is -0.119. The molecule has 1 aliphatic rings. The number of imidazole rings is 1. The summed E-state index contributed by atoms with van der Waals surface area (Å²) < 4.78 is 15.4. The van der Waals surface area contributed by atoms with Gasteiger partial charge in [0.1, 0.15) is 11.5 Å². The van der Waals surface area contributed by atoms with E-state index < -0.39 is 0 Å². The summed E-state index contributed by atoms with van der Waals surface area (Å²) in [6.07, 6.45) is 2.92. The van der Waals surface area contributed by atoms with E-state index in [0.29, 0.717) is 0 Å². The van der Waals surface area contributed by atoms with Gasteiger partial charge in [0.2, 0.25) is 6.41 Å². The molecule has 1 aromatic carbocycles. The predicted molar refractivity (Wildman–Crippen MR) is 93.5 cm³/mol. The second-order valence-electron chi connectivity index (χ2n) is 6.26. The second kappa shape index (κ2) is 6.64. The van der Waals surface area contributed by atoms with Gasteiger partial charge in [-0.15, -0.1) is 0 Å². The molecule has 0 bridgehead atoms. The van der Waals surface area contributed by atoms with Gasteiger partial charge in [-0.3, -0.25) is 9.69 Å². The first-order chi connectivity index (χ1) is 12.2. The molecule has 0 radical (unpaired) electrons. The molecule has 1 amide bonds. The molecule has 5 nitrogen and oxygen atoms in total. The number of hydrogen-bond acceptors (Lipinski definition) is 3. The third kappa shape index (κ3) is 3.13. The molecule has 6 heteroatoms. The first-order valence-corrected chi connectivity index (χ1v) is 8.38. The monoisotopic (exact) mass is 338 g/mol. The smallest absolute Gasteiger partial charge is 0.209 e. The van der Waals surface area contributed by atoms with Crippen LogP contribution in [0.2, 0.25) is 0 Å². The van der Waals surface area contributed by atoms with Gasteiger partial charge in [0.15, 0.2) is 0 Å². The zero-order valence-corrected chi connectivity index (χ0v) is 13.8. The van der Waals surface area contributed by atoms with Gasteiger partial charge >= 0.3 is 0 Å². The third-order valence-corrected chi connectivity index (χ3v) is 4.68. The summed E-state index contributed by atoms with van der Waals surface area (Å²) in [4.78, 5) is 19.8. The highest BCUT2D eigenvalue weighted by Gasteiger charge is 2.20. The maximum absolute atomic E-state index is 13.3. The standard InChI is InChI=1S/C19H19FN4O/c20-16-6-4-15(5-7-16)19-17(24-8-2-1-3-18(24)21-19)13-22-9-11-23(14-25)12-10-22/h1-8,14H,9-13H2. The lowest BCUT2D eigenvalue weighted by Crippen LogP contribution is -2.45. The van der Waals surface area contributed by atoms with Crippen molar-refractivity contribution in [3.05, 3.63) is 60.2 Å². The number of pyridine rings is 1. The molecule has 0 saturated carbocycles. The van der Waals surface area contributed by atoms with Crippen molar-refractivity contribution in [3.63, 3.8) is 0 Å². The molecule has 4 rings (SSSR count). The molecule has 1 fully saturated rings. The molecule has 3 heterocycles. The summed E-state index contributed by atoms with van der Waals surface area (Å²) in [5.74, 6) is -0.251. The number of carbonyl (C=O) groups is 1. The lowest BCUT2D eigenvalue weighted by atomic mass is 10.1. The minimum absolute atomic E-state index is 0.251. The highest BCUT2D eigenvalue weighted by molar-refractivity contribution is 5.66. The van der Waals surface area contributed by atoms with Crippen LogP contribution in [0.25, 0.3) is 16.9 Å². The van der Waals surface area contributed by atoms with Crippen molar-refractivity contribution in [2.24, 2.45) is 0 Å². The summed E-state index contributed by atoms with van der Waals surface area (Å²) >= 11 is 0. The zero-order valence-electron chi connectivity index (χ0n) is 13.8. The van der Waals surface area contributed by atoms with Crippen LogP contribution in [-0.2, 0) is 11.3 Å². The summed E-state index contributed by atoms with van der Waals surface area (Å²) in [6.45, 7) is 3.89. The number of carbonyl (C=O) groups excluding carboxylic acids is 1. The zero-order chi connectivity index (χ0) is 17.2. The van der Waals surface area contributed by atoms with Crippen molar-refractivity contribution < 1.29 is 9.18 Å². The van der Waals surface area contributed by atoms with E-state index in [0.717, 1.165) is 61.7 Å². The Kier molecular flexibility index (Phi) is 4.19. The Morgan fingerprint density at radius 2 is 1.80 bits per heavy atom. The van der Waals surface area contributed by atoms with Gasteiger partial charge < -0.3 is 9.30 Å². The van der Waals surface area contributed by atoms with E-state index in [1.165, 1.54) is 12.1 Å². The number of nitrogens with zero attached hydrogens (tertiary/aromatic N) is 4. The van der Waals surface area contributed by atoms with Crippen molar-refractivity contribution in [1.82, 2.24) is 19.2 Å². The molecular weight excluding hydrogens is 319 g/mol. The average Bonchev–Trinajstić information content (AvgIpc) is 3.02. The molecule has 0 N–H and O–H groups in total. The number of benzene rings is 1. The molecule has 0 aliphatic carbocycles. The van der Waals surface area contributed by atoms with Crippen LogP contribution < -0.4 is 0 Å². The number of rotatable bonds is 4. The quantitative estimate of drug-likeness (QED) is 0.686. The van der Waals surface area contributed by atoms with Crippen LogP contribution in [0.15, 0.2) is 48.7 Å². The Morgan fingerprint density at radius 1 is 1.04 bits per heavy atom. The van der Waals surface area contributed by atoms with Gasteiger partial charge in [0.25, 0.3) is 0 Å². The van der Waals surface area contributed by atoms with Crippen molar-refractivity contribution in [2.75, 3.05) is 26.2 Å². The molecule has 1 aliphatic heterocycles. The van der Waals surface area contributed by atoms with Gasteiger partial charge in [-0.2, -0.15) is 0 Å². The Labute approximate surface area is 145 Å². The first-order valence-electron chi connectivity index (χ1n) is 8.38. The number of aromatic nitrogens is 2. The van der Waals surface area contributed by atoms with E-state index in [1.54, 1.807) is 17.0 Å². The number of fused-ring (bicyclic) bond motifs is 1. The molecular formula is C19H19FN4O. The first kappa shape index (κ1) is 15.8. The molecule has 25 heavy (non-hydrogen) atoms. The van der Waals surface area contributed by atoms with Crippen LogP contribution in [0.5, 0.6) is 0 Å². The van der Waals surface area contributed by atoms with Gasteiger partial charge in [0.05, 0.1) is 11.4 Å². The van der Waals surface area contributed by atoms with Crippen LogP contribution in [0.1, 0.15) is 5.69 Å².